The van der Waals surface area contributed by atoms with Crippen molar-refractivity contribution in [1.29, 1.82) is 0 Å². The molecule has 0 aliphatic heterocycles. The lowest BCUT2D eigenvalue weighted by atomic mass is 10.1. The first-order valence-electron chi connectivity index (χ1n) is 7.41. The standard InChI is InChI=1S/C17H11BrF4N2O2S/c1-27(25,26)16-7-11(19)15(6-12(16)20)24-14(8-13(23-24)17(21)22)9-3-2-4-10(18)5-9/h2-8,17H,1H3. The van der Waals surface area contributed by atoms with Gasteiger partial charge in [-0.1, -0.05) is 28.1 Å². The number of halogens is 5. The molecule has 2 aromatic carbocycles. The van der Waals surface area contributed by atoms with Crippen LogP contribution in [0.15, 0.2) is 51.8 Å². The Bertz CT molecular complexity index is 1130. The van der Waals surface area contributed by atoms with E-state index in [0.29, 0.717) is 22.2 Å². The fraction of sp³-hybridized carbons (Fsp3) is 0.118. The number of benzene rings is 2. The van der Waals surface area contributed by atoms with Crippen LogP contribution in [-0.2, 0) is 9.84 Å². The number of aromatic nitrogens is 2. The molecule has 0 spiro atoms. The quantitative estimate of drug-likeness (QED) is 0.517. The molecule has 1 aromatic heterocycles. The molecule has 3 aromatic rings. The van der Waals surface area contributed by atoms with Crippen molar-refractivity contribution in [3.05, 3.63) is 64.3 Å². The van der Waals surface area contributed by atoms with Gasteiger partial charge >= 0.3 is 0 Å². The third-order valence-electron chi connectivity index (χ3n) is 3.70. The van der Waals surface area contributed by atoms with E-state index >= 15 is 0 Å². The molecule has 0 radical (unpaired) electrons. The first-order valence-corrected chi connectivity index (χ1v) is 10.1. The fourth-order valence-corrected chi connectivity index (χ4v) is 3.64. The van der Waals surface area contributed by atoms with Crippen LogP contribution >= 0.6 is 15.9 Å². The van der Waals surface area contributed by atoms with Crippen molar-refractivity contribution in [2.75, 3.05) is 6.26 Å². The molecule has 0 atom stereocenters. The summed E-state index contributed by atoms with van der Waals surface area (Å²) in [6.07, 6.45) is -2.19. The van der Waals surface area contributed by atoms with Crippen LogP contribution in [0.5, 0.6) is 0 Å². The van der Waals surface area contributed by atoms with Gasteiger partial charge in [-0.05, 0) is 24.3 Å². The van der Waals surface area contributed by atoms with Gasteiger partial charge < -0.3 is 0 Å². The topological polar surface area (TPSA) is 52.0 Å². The maximum atomic E-state index is 14.5. The van der Waals surface area contributed by atoms with Crippen molar-refractivity contribution < 1.29 is 26.0 Å². The van der Waals surface area contributed by atoms with Crippen LogP contribution in [0, 0.1) is 11.6 Å². The summed E-state index contributed by atoms with van der Waals surface area (Å²) in [5, 5.41) is 3.68. The van der Waals surface area contributed by atoms with Crippen LogP contribution in [0.2, 0.25) is 0 Å². The summed E-state index contributed by atoms with van der Waals surface area (Å²) in [6, 6.07) is 8.73. The summed E-state index contributed by atoms with van der Waals surface area (Å²) in [6.45, 7) is 0. The van der Waals surface area contributed by atoms with Crippen molar-refractivity contribution >= 4 is 25.8 Å². The minimum Gasteiger partial charge on any atom is -0.230 e. The normalized spacial score (nSPS) is 12.0. The molecule has 0 saturated heterocycles. The molecular weight excluding hydrogens is 452 g/mol. The smallest absolute Gasteiger partial charge is 0.230 e. The summed E-state index contributed by atoms with van der Waals surface area (Å²) >= 11 is 3.25. The van der Waals surface area contributed by atoms with Crippen LogP contribution in [0.3, 0.4) is 0 Å². The predicted molar refractivity (Wildman–Crippen MR) is 94.7 cm³/mol. The van der Waals surface area contributed by atoms with Gasteiger partial charge in [0.2, 0.25) is 0 Å². The maximum Gasteiger partial charge on any atom is 0.282 e. The van der Waals surface area contributed by atoms with Crippen molar-refractivity contribution in [1.82, 2.24) is 9.78 Å². The van der Waals surface area contributed by atoms with E-state index in [-0.39, 0.29) is 5.69 Å². The van der Waals surface area contributed by atoms with Crippen LogP contribution in [0.4, 0.5) is 17.6 Å². The van der Waals surface area contributed by atoms with Crippen molar-refractivity contribution in [2.45, 2.75) is 11.3 Å². The van der Waals surface area contributed by atoms with E-state index in [9.17, 15) is 26.0 Å². The molecule has 27 heavy (non-hydrogen) atoms. The lowest BCUT2D eigenvalue weighted by molar-refractivity contribution is 0.145. The van der Waals surface area contributed by atoms with E-state index in [1.54, 1.807) is 24.3 Å². The van der Waals surface area contributed by atoms with Gasteiger partial charge in [0.15, 0.2) is 9.84 Å². The second-order valence-corrected chi connectivity index (χ2v) is 8.58. The summed E-state index contributed by atoms with van der Waals surface area (Å²) in [7, 11) is -4.00. The minimum absolute atomic E-state index is 0.0944. The van der Waals surface area contributed by atoms with Gasteiger partial charge in [0, 0.05) is 22.4 Å². The highest BCUT2D eigenvalue weighted by atomic mass is 79.9. The molecule has 0 bridgehead atoms. The van der Waals surface area contributed by atoms with Crippen LogP contribution in [0.1, 0.15) is 12.1 Å². The highest BCUT2D eigenvalue weighted by Crippen LogP contribution is 2.31. The number of hydrogen-bond acceptors (Lipinski definition) is 3. The predicted octanol–water partition coefficient (Wildman–Crippen LogP) is 4.92. The molecule has 142 valence electrons. The Kier molecular flexibility index (Phi) is 5.13. The number of alkyl halides is 2. The van der Waals surface area contributed by atoms with E-state index in [0.717, 1.165) is 17.0 Å². The molecule has 0 fully saturated rings. The lowest BCUT2D eigenvalue weighted by Gasteiger charge is -2.11. The highest BCUT2D eigenvalue weighted by molar-refractivity contribution is 9.10. The van der Waals surface area contributed by atoms with E-state index < -0.39 is 44.2 Å². The Morgan fingerprint density at radius 1 is 1.07 bits per heavy atom. The molecule has 3 rings (SSSR count). The molecule has 0 aliphatic rings. The fourth-order valence-electron chi connectivity index (χ4n) is 2.51. The monoisotopic (exact) mass is 462 g/mol. The third kappa shape index (κ3) is 3.91. The Morgan fingerprint density at radius 2 is 1.78 bits per heavy atom. The van der Waals surface area contributed by atoms with Crippen molar-refractivity contribution in [2.24, 2.45) is 0 Å². The zero-order valence-corrected chi connectivity index (χ0v) is 16.0. The minimum atomic E-state index is -4.00. The van der Waals surface area contributed by atoms with Gasteiger partial charge in [-0.3, -0.25) is 0 Å². The SMILES string of the molecule is CS(=O)(=O)c1cc(F)c(-n2nc(C(F)F)cc2-c2cccc(Br)c2)cc1F. The van der Waals surface area contributed by atoms with E-state index in [4.69, 9.17) is 0 Å². The highest BCUT2D eigenvalue weighted by Gasteiger charge is 2.23. The largest absolute Gasteiger partial charge is 0.282 e. The Hall–Kier alpha value is -2.20. The van der Waals surface area contributed by atoms with Crippen LogP contribution in [0.25, 0.3) is 16.9 Å². The second kappa shape index (κ2) is 7.08. The van der Waals surface area contributed by atoms with Crippen LogP contribution < -0.4 is 0 Å². The van der Waals surface area contributed by atoms with E-state index in [2.05, 4.69) is 21.0 Å². The first-order chi connectivity index (χ1) is 12.6. The van der Waals surface area contributed by atoms with Crippen molar-refractivity contribution in [3.8, 4) is 16.9 Å². The maximum absolute atomic E-state index is 14.5. The molecule has 4 nitrogen and oxygen atoms in total. The van der Waals surface area contributed by atoms with Gasteiger partial charge in [0.25, 0.3) is 6.43 Å². The van der Waals surface area contributed by atoms with Gasteiger partial charge in [-0.2, -0.15) is 5.10 Å². The molecule has 0 saturated carbocycles. The zero-order chi connectivity index (χ0) is 19.9. The van der Waals surface area contributed by atoms with Gasteiger partial charge in [-0.25, -0.2) is 30.7 Å². The number of hydrogen-bond donors (Lipinski definition) is 0. The molecule has 0 amide bonds. The van der Waals surface area contributed by atoms with Gasteiger partial charge in [0.1, 0.15) is 27.9 Å². The average molecular weight is 463 g/mol. The van der Waals surface area contributed by atoms with Gasteiger partial charge in [-0.15, -0.1) is 0 Å². The van der Waals surface area contributed by atoms with Gasteiger partial charge in [0.05, 0.1) is 5.69 Å². The van der Waals surface area contributed by atoms with E-state index in [1.807, 2.05) is 0 Å². The van der Waals surface area contributed by atoms with Crippen LogP contribution in [-0.4, -0.2) is 24.5 Å². The van der Waals surface area contributed by atoms with E-state index in [1.165, 1.54) is 0 Å². The second-order valence-electron chi connectivity index (χ2n) is 5.68. The lowest BCUT2D eigenvalue weighted by Crippen LogP contribution is -2.08. The molecule has 0 N–H and O–H groups in total. The molecular formula is C17H11BrF4N2O2S. The zero-order valence-electron chi connectivity index (χ0n) is 13.6. The summed E-state index contributed by atoms with van der Waals surface area (Å²) in [5.41, 5.74) is -0.591. The Balaban J connectivity index is 2.27. The first kappa shape index (κ1) is 19.6. The average Bonchev–Trinajstić information content (AvgIpc) is 3.01. The summed E-state index contributed by atoms with van der Waals surface area (Å²) in [4.78, 5) is -0.825. The Morgan fingerprint density at radius 3 is 2.37 bits per heavy atom. The van der Waals surface area contributed by atoms with Crippen molar-refractivity contribution in [3.63, 3.8) is 0 Å². The molecule has 0 unspecified atom stereocenters. The number of nitrogens with zero attached hydrogens (tertiary/aromatic N) is 2. The number of rotatable bonds is 4. The molecule has 1 heterocycles. The summed E-state index contributed by atoms with van der Waals surface area (Å²) in [5.74, 6) is -2.32. The number of sulfone groups is 1. The molecule has 0 aliphatic carbocycles. The Labute approximate surface area is 160 Å². The third-order valence-corrected chi connectivity index (χ3v) is 5.31. The summed E-state index contributed by atoms with van der Waals surface area (Å²) < 4.78 is 79.6. The molecule has 10 heteroatoms.